The average molecular weight is 385 g/mol. The maximum atomic E-state index is 12.6. The highest BCUT2D eigenvalue weighted by Gasteiger charge is 2.14. The van der Waals surface area contributed by atoms with Crippen LogP contribution in [0.5, 0.6) is 0 Å². The SMILES string of the molecule is COC(=O)c1cn(/N=C/c2ccccc2Br)c(=O)c2ccccc12. The first kappa shape index (κ1) is 16.1. The van der Waals surface area contributed by atoms with Crippen molar-refractivity contribution in [2.75, 3.05) is 7.11 Å². The summed E-state index contributed by atoms with van der Waals surface area (Å²) in [4.78, 5) is 24.6. The highest BCUT2D eigenvalue weighted by atomic mass is 79.9. The van der Waals surface area contributed by atoms with Gasteiger partial charge in [-0.2, -0.15) is 5.10 Å². The highest BCUT2D eigenvalue weighted by Crippen LogP contribution is 2.17. The number of benzene rings is 2. The zero-order valence-electron chi connectivity index (χ0n) is 12.8. The first-order valence-corrected chi connectivity index (χ1v) is 7.92. The molecule has 3 rings (SSSR count). The summed E-state index contributed by atoms with van der Waals surface area (Å²) in [5, 5.41) is 5.16. The molecule has 0 N–H and O–H groups in total. The summed E-state index contributed by atoms with van der Waals surface area (Å²) in [7, 11) is 1.30. The van der Waals surface area contributed by atoms with Crippen LogP contribution in [0.2, 0.25) is 0 Å². The van der Waals surface area contributed by atoms with Gasteiger partial charge in [-0.15, -0.1) is 0 Å². The second-order valence-electron chi connectivity index (χ2n) is 5.00. The topological polar surface area (TPSA) is 60.7 Å². The van der Waals surface area contributed by atoms with Gasteiger partial charge in [0.25, 0.3) is 5.56 Å². The number of esters is 1. The van der Waals surface area contributed by atoms with Crippen LogP contribution in [0.25, 0.3) is 10.8 Å². The van der Waals surface area contributed by atoms with E-state index >= 15 is 0 Å². The van der Waals surface area contributed by atoms with Crippen molar-refractivity contribution < 1.29 is 9.53 Å². The molecule has 0 fully saturated rings. The van der Waals surface area contributed by atoms with E-state index in [1.165, 1.54) is 13.3 Å². The van der Waals surface area contributed by atoms with E-state index in [0.29, 0.717) is 10.8 Å². The van der Waals surface area contributed by atoms with Gasteiger partial charge in [0.1, 0.15) is 0 Å². The van der Waals surface area contributed by atoms with Crippen molar-refractivity contribution in [3.05, 3.63) is 80.7 Å². The molecule has 3 aromatic rings. The zero-order chi connectivity index (χ0) is 17.1. The zero-order valence-corrected chi connectivity index (χ0v) is 14.4. The van der Waals surface area contributed by atoms with Gasteiger partial charge >= 0.3 is 5.97 Å². The van der Waals surface area contributed by atoms with E-state index in [-0.39, 0.29) is 11.1 Å². The predicted molar refractivity (Wildman–Crippen MR) is 96.7 cm³/mol. The number of aromatic nitrogens is 1. The molecule has 5 nitrogen and oxygen atoms in total. The summed E-state index contributed by atoms with van der Waals surface area (Å²) in [6.45, 7) is 0. The molecule has 0 unspecified atom stereocenters. The van der Waals surface area contributed by atoms with Crippen molar-refractivity contribution in [3.63, 3.8) is 0 Å². The van der Waals surface area contributed by atoms with Gasteiger partial charge in [-0.25, -0.2) is 9.47 Å². The lowest BCUT2D eigenvalue weighted by Gasteiger charge is -2.07. The predicted octanol–water partition coefficient (Wildman–Crippen LogP) is 3.43. The van der Waals surface area contributed by atoms with Crippen molar-refractivity contribution >= 4 is 38.9 Å². The summed E-state index contributed by atoms with van der Waals surface area (Å²) in [6.07, 6.45) is 2.95. The van der Waals surface area contributed by atoms with Crippen molar-refractivity contribution in [3.8, 4) is 0 Å². The summed E-state index contributed by atoms with van der Waals surface area (Å²) in [6, 6.07) is 14.4. The van der Waals surface area contributed by atoms with Gasteiger partial charge in [-0.05, 0) is 12.1 Å². The number of nitrogens with zero attached hydrogens (tertiary/aromatic N) is 2. The molecule has 0 atom stereocenters. The molecule has 0 saturated carbocycles. The molecule has 2 aromatic carbocycles. The fourth-order valence-electron chi connectivity index (χ4n) is 2.34. The average Bonchev–Trinajstić information content (AvgIpc) is 2.62. The van der Waals surface area contributed by atoms with Crippen molar-refractivity contribution in [2.45, 2.75) is 0 Å². The fraction of sp³-hybridized carbons (Fsp3) is 0.0556. The molecule has 120 valence electrons. The van der Waals surface area contributed by atoms with Gasteiger partial charge in [0.2, 0.25) is 0 Å². The van der Waals surface area contributed by atoms with Crippen LogP contribution >= 0.6 is 15.9 Å². The molecule has 0 amide bonds. The number of ether oxygens (including phenoxy) is 1. The molecular weight excluding hydrogens is 372 g/mol. The molecule has 6 heteroatoms. The molecule has 0 spiro atoms. The number of rotatable bonds is 3. The Morgan fingerprint density at radius 1 is 1.12 bits per heavy atom. The second-order valence-corrected chi connectivity index (χ2v) is 5.85. The normalized spacial score (nSPS) is 11.1. The molecule has 0 radical (unpaired) electrons. The molecule has 0 aliphatic carbocycles. The van der Waals surface area contributed by atoms with E-state index < -0.39 is 5.97 Å². The van der Waals surface area contributed by atoms with Gasteiger partial charge in [0.15, 0.2) is 0 Å². The molecule has 1 aromatic heterocycles. The summed E-state index contributed by atoms with van der Waals surface area (Å²) >= 11 is 3.42. The third-order valence-corrected chi connectivity index (χ3v) is 4.26. The fourth-order valence-corrected chi connectivity index (χ4v) is 2.73. The number of carbonyl (C=O) groups is 1. The second kappa shape index (κ2) is 6.80. The molecule has 0 aliphatic heterocycles. The Hall–Kier alpha value is -2.73. The number of hydrogen-bond donors (Lipinski definition) is 0. The first-order valence-electron chi connectivity index (χ1n) is 7.13. The van der Waals surface area contributed by atoms with Crippen LogP contribution in [0.1, 0.15) is 15.9 Å². The minimum atomic E-state index is -0.518. The Bertz CT molecular complexity index is 1010. The minimum absolute atomic E-state index is 0.289. The lowest BCUT2D eigenvalue weighted by molar-refractivity contribution is 0.0602. The third-order valence-electron chi connectivity index (χ3n) is 3.54. The Morgan fingerprint density at radius 3 is 2.50 bits per heavy atom. The number of hydrogen-bond acceptors (Lipinski definition) is 4. The van der Waals surface area contributed by atoms with Gasteiger partial charge in [0, 0.05) is 27.0 Å². The first-order chi connectivity index (χ1) is 11.6. The lowest BCUT2D eigenvalue weighted by atomic mass is 10.1. The maximum absolute atomic E-state index is 12.6. The van der Waals surface area contributed by atoms with Crippen LogP contribution in [0.15, 0.2) is 69.1 Å². The molecule has 1 heterocycles. The van der Waals surface area contributed by atoms with Crippen molar-refractivity contribution in [2.24, 2.45) is 5.10 Å². The van der Waals surface area contributed by atoms with E-state index in [1.54, 1.807) is 30.5 Å². The quantitative estimate of drug-likeness (QED) is 0.513. The van der Waals surface area contributed by atoms with Crippen LogP contribution < -0.4 is 5.56 Å². The molecular formula is C18H13BrN2O3. The number of carbonyl (C=O) groups excluding carboxylic acids is 1. The van der Waals surface area contributed by atoms with Crippen molar-refractivity contribution in [1.29, 1.82) is 0 Å². The maximum Gasteiger partial charge on any atom is 0.340 e. The summed E-state index contributed by atoms with van der Waals surface area (Å²) < 4.78 is 6.81. The molecule has 0 aliphatic rings. The molecule has 0 saturated heterocycles. The van der Waals surface area contributed by atoms with Crippen molar-refractivity contribution in [1.82, 2.24) is 4.68 Å². The van der Waals surface area contributed by atoms with E-state index in [2.05, 4.69) is 21.0 Å². The van der Waals surface area contributed by atoms with E-state index in [9.17, 15) is 9.59 Å². The number of fused-ring (bicyclic) bond motifs is 1. The smallest absolute Gasteiger partial charge is 0.340 e. The van der Waals surface area contributed by atoms with Crippen LogP contribution in [0.4, 0.5) is 0 Å². The number of methoxy groups -OCH3 is 1. The lowest BCUT2D eigenvalue weighted by Crippen LogP contribution is -2.19. The van der Waals surface area contributed by atoms with Gasteiger partial charge < -0.3 is 4.74 Å². The summed E-state index contributed by atoms with van der Waals surface area (Å²) in [5.41, 5.74) is 0.802. The number of pyridine rings is 1. The van der Waals surface area contributed by atoms with E-state index in [0.717, 1.165) is 14.7 Å². The minimum Gasteiger partial charge on any atom is -0.465 e. The molecule has 24 heavy (non-hydrogen) atoms. The standard InChI is InChI=1S/C18H13BrN2O3/c1-24-18(23)15-11-21(17(22)14-8-4-3-7-13(14)15)20-10-12-6-2-5-9-16(12)19/h2-11H,1H3/b20-10+. The highest BCUT2D eigenvalue weighted by molar-refractivity contribution is 9.10. The Balaban J connectivity index is 2.18. The largest absolute Gasteiger partial charge is 0.465 e. The van der Waals surface area contributed by atoms with Crippen LogP contribution in [0, 0.1) is 0 Å². The van der Waals surface area contributed by atoms with Crippen LogP contribution in [-0.4, -0.2) is 24.0 Å². The summed E-state index contributed by atoms with van der Waals surface area (Å²) in [5.74, 6) is -0.518. The van der Waals surface area contributed by atoms with Crippen LogP contribution in [-0.2, 0) is 4.74 Å². The van der Waals surface area contributed by atoms with Crippen LogP contribution in [0.3, 0.4) is 0 Å². The number of halogens is 1. The van der Waals surface area contributed by atoms with Gasteiger partial charge in [-0.3, -0.25) is 4.79 Å². The van der Waals surface area contributed by atoms with Gasteiger partial charge in [0.05, 0.1) is 18.9 Å². The Morgan fingerprint density at radius 2 is 1.79 bits per heavy atom. The van der Waals surface area contributed by atoms with E-state index in [1.807, 2.05) is 24.3 Å². The third kappa shape index (κ3) is 3.00. The Kier molecular flexibility index (Phi) is 4.57. The molecule has 0 bridgehead atoms. The monoisotopic (exact) mass is 384 g/mol. The van der Waals surface area contributed by atoms with Gasteiger partial charge in [-0.1, -0.05) is 52.3 Å². The Labute approximate surface area is 146 Å². The van der Waals surface area contributed by atoms with E-state index in [4.69, 9.17) is 4.74 Å².